The highest BCUT2D eigenvalue weighted by molar-refractivity contribution is 5.95. The lowest BCUT2D eigenvalue weighted by atomic mass is 9.43. The van der Waals surface area contributed by atoms with Crippen LogP contribution in [0.1, 0.15) is 40.5 Å². The quantitative estimate of drug-likeness (QED) is 0.555. The molecule has 3 fully saturated rings. The highest BCUT2D eigenvalue weighted by atomic mass is 16.6. The number of rotatable bonds is 2. The summed E-state index contributed by atoms with van der Waals surface area (Å²) in [7, 11) is 0. The van der Waals surface area contributed by atoms with Gasteiger partial charge < -0.3 is 24.8 Å². The standard InChI is InChI=1S/C17H24O8/c1-8-5-10(19)17(23)14(3,7-24-9(2)18)15(4,22)11-6-16(8,17)12(20)13(21)25-11/h8,11-12,20,22-23H,5-7H2,1-4H3/t8-,11-,12+,14-,15+,16+,17+/m1/s1. The molecule has 1 saturated heterocycles. The number of Topliss-reactive ketones (excluding diaryl/α,β-unsaturated/α-hetero) is 1. The van der Waals surface area contributed by atoms with Crippen LogP contribution >= 0.6 is 0 Å². The van der Waals surface area contributed by atoms with Crippen LogP contribution in [0.4, 0.5) is 0 Å². The number of aliphatic hydroxyl groups is 3. The van der Waals surface area contributed by atoms with E-state index in [9.17, 15) is 29.7 Å². The molecule has 3 N–H and O–H groups in total. The van der Waals surface area contributed by atoms with Gasteiger partial charge in [-0.25, -0.2) is 4.79 Å². The van der Waals surface area contributed by atoms with Gasteiger partial charge in [-0.1, -0.05) is 13.8 Å². The summed E-state index contributed by atoms with van der Waals surface area (Å²) in [5.41, 5.74) is -7.26. The van der Waals surface area contributed by atoms with Crippen molar-refractivity contribution in [1.29, 1.82) is 0 Å². The first-order chi connectivity index (χ1) is 11.4. The molecule has 2 saturated carbocycles. The minimum atomic E-state index is -2.24. The van der Waals surface area contributed by atoms with Crippen LogP contribution in [-0.2, 0) is 23.9 Å². The SMILES string of the molecule is CC(=O)OC[C@@]1(C)[C@@]2(O)C(=O)C[C@@H](C)[C@]23C[C@@H](OC(=O)[C@@H]3O)[C@]1(C)O. The topological polar surface area (TPSA) is 130 Å². The van der Waals surface area contributed by atoms with Crippen LogP contribution in [0, 0.1) is 16.7 Å². The fraction of sp³-hybridized carbons (Fsp3) is 0.824. The monoisotopic (exact) mass is 356 g/mol. The maximum Gasteiger partial charge on any atom is 0.336 e. The Morgan fingerprint density at radius 3 is 2.48 bits per heavy atom. The van der Waals surface area contributed by atoms with E-state index in [1.165, 1.54) is 20.8 Å². The van der Waals surface area contributed by atoms with E-state index in [1.54, 1.807) is 6.92 Å². The maximum absolute atomic E-state index is 12.9. The zero-order chi connectivity index (χ0) is 19.0. The zero-order valence-electron chi connectivity index (χ0n) is 14.7. The molecular formula is C17H24O8. The van der Waals surface area contributed by atoms with Crippen molar-refractivity contribution in [1.82, 2.24) is 0 Å². The molecule has 0 radical (unpaired) electrons. The Hall–Kier alpha value is -1.51. The Bertz CT molecular complexity index is 657. The van der Waals surface area contributed by atoms with Gasteiger partial charge in [0.1, 0.15) is 23.9 Å². The molecule has 25 heavy (non-hydrogen) atoms. The molecule has 2 bridgehead atoms. The average Bonchev–Trinajstić information content (AvgIpc) is 2.70. The Morgan fingerprint density at radius 2 is 1.92 bits per heavy atom. The van der Waals surface area contributed by atoms with E-state index in [-0.39, 0.29) is 12.8 Å². The molecule has 8 heteroatoms. The number of esters is 2. The van der Waals surface area contributed by atoms with E-state index in [0.29, 0.717) is 0 Å². The highest BCUT2D eigenvalue weighted by Crippen LogP contribution is 2.68. The predicted molar refractivity (Wildman–Crippen MR) is 82.0 cm³/mol. The van der Waals surface area contributed by atoms with Crippen LogP contribution < -0.4 is 0 Å². The van der Waals surface area contributed by atoms with Gasteiger partial charge in [-0.15, -0.1) is 0 Å². The lowest BCUT2D eigenvalue weighted by Crippen LogP contribution is -2.82. The molecule has 140 valence electrons. The van der Waals surface area contributed by atoms with Crippen LogP contribution in [0.15, 0.2) is 0 Å². The summed E-state index contributed by atoms with van der Waals surface area (Å²) in [5, 5.41) is 33.4. The summed E-state index contributed by atoms with van der Waals surface area (Å²) < 4.78 is 10.3. The summed E-state index contributed by atoms with van der Waals surface area (Å²) >= 11 is 0. The Balaban J connectivity index is 2.26. The molecule has 8 nitrogen and oxygen atoms in total. The van der Waals surface area contributed by atoms with Gasteiger partial charge in [0.15, 0.2) is 11.9 Å². The number of ether oxygens (including phenoxy) is 2. The molecule has 1 spiro atoms. The van der Waals surface area contributed by atoms with Crippen molar-refractivity contribution >= 4 is 17.7 Å². The van der Waals surface area contributed by atoms with Crippen molar-refractivity contribution in [3.05, 3.63) is 0 Å². The van der Waals surface area contributed by atoms with E-state index in [4.69, 9.17) is 9.47 Å². The smallest absolute Gasteiger partial charge is 0.336 e. The maximum atomic E-state index is 12.9. The highest BCUT2D eigenvalue weighted by Gasteiger charge is 2.83. The Labute approximate surface area is 145 Å². The van der Waals surface area contributed by atoms with Gasteiger partial charge in [-0.05, 0) is 19.3 Å². The number of carbonyl (C=O) groups excluding carboxylic acids is 3. The fourth-order valence-corrected chi connectivity index (χ4v) is 5.27. The summed E-state index contributed by atoms with van der Waals surface area (Å²) in [6.45, 7) is 5.19. The number of hydrogen-bond acceptors (Lipinski definition) is 8. The van der Waals surface area contributed by atoms with Crippen molar-refractivity contribution < 1.29 is 39.2 Å². The molecule has 0 unspecified atom stereocenters. The van der Waals surface area contributed by atoms with Crippen molar-refractivity contribution in [2.45, 2.75) is 63.9 Å². The van der Waals surface area contributed by atoms with Gasteiger partial charge in [0.05, 0.1) is 10.8 Å². The molecule has 2 aliphatic carbocycles. The van der Waals surface area contributed by atoms with Crippen LogP contribution in [0.25, 0.3) is 0 Å². The van der Waals surface area contributed by atoms with Crippen molar-refractivity contribution in [3.63, 3.8) is 0 Å². The Morgan fingerprint density at radius 1 is 1.32 bits per heavy atom. The van der Waals surface area contributed by atoms with E-state index >= 15 is 0 Å². The van der Waals surface area contributed by atoms with Gasteiger partial charge in [0, 0.05) is 13.3 Å². The van der Waals surface area contributed by atoms with E-state index in [2.05, 4.69) is 0 Å². The molecule has 3 rings (SSSR count). The van der Waals surface area contributed by atoms with Crippen LogP contribution in [0.5, 0.6) is 0 Å². The van der Waals surface area contributed by atoms with E-state index in [0.717, 1.165) is 0 Å². The number of fused-ring (bicyclic) bond motifs is 1. The predicted octanol–water partition coefficient (Wildman–Crippen LogP) is -0.677. The van der Waals surface area contributed by atoms with Crippen LogP contribution in [-0.4, -0.2) is 63.1 Å². The van der Waals surface area contributed by atoms with Crippen molar-refractivity contribution in [2.24, 2.45) is 16.7 Å². The van der Waals surface area contributed by atoms with Crippen molar-refractivity contribution in [2.75, 3.05) is 6.61 Å². The van der Waals surface area contributed by atoms with Crippen LogP contribution in [0.3, 0.4) is 0 Å². The third-order valence-electron chi connectivity index (χ3n) is 7.05. The zero-order valence-corrected chi connectivity index (χ0v) is 14.7. The molecule has 7 atom stereocenters. The first-order valence-electron chi connectivity index (χ1n) is 8.36. The first-order valence-corrected chi connectivity index (χ1v) is 8.36. The summed E-state index contributed by atoms with van der Waals surface area (Å²) in [5.74, 6) is -2.70. The molecule has 3 aliphatic rings. The summed E-state index contributed by atoms with van der Waals surface area (Å²) in [4.78, 5) is 36.4. The van der Waals surface area contributed by atoms with E-state index < -0.39 is 64.5 Å². The van der Waals surface area contributed by atoms with Gasteiger partial charge in [-0.2, -0.15) is 0 Å². The summed E-state index contributed by atoms with van der Waals surface area (Å²) in [6.07, 6.45) is -2.86. The van der Waals surface area contributed by atoms with Crippen molar-refractivity contribution in [3.8, 4) is 0 Å². The lowest BCUT2D eigenvalue weighted by molar-refractivity contribution is -0.331. The van der Waals surface area contributed by atoms with Gasteiger partial charge in [0.2, 0.25) is 0 Å². The third kappa shape index (κ3) is 1.80. The van der Waals surface area contributed by atoms with Gasteiger partial charge in [-0.3, -0.25) is 9.59 Å². The molecular weight excluding hydrogens is 332 g/mol. The molecule has 0 amide bonds. The third-order valence-corrected chi connectivity index (χ3v) is 7.05. The molecule has 1 heterocycles. The minimum Gasteiger partial charge on any atom is -0.465 e. The number of aliphatic hydroxyl groups excluding tert-OH is 1. The molecule has 0 aromatic heterocycles. The molecule has 0 aromatic rings. The normalized spacial score (nSPS) is 51.7. The second kappa shape index (κ2) is 5.02. The van der Waals surface area contributed by atoms with Gasteiger partial charge in [0.25, 0.3) is 0 Å². The van der Waals surface area contributed by atoms with Gasteiger partial charge >= 0.3 is 11.9 Å². The second-order valence-corrected chi connectivity index (χ2v) is 8.07. The average molecular weight is 356 g/mol. The first kappa shape index (κ1) is 18.3. The van der Waals surface area contributed by atoms with Crippen LogP contribution in [0.2, 0.25) is 0 Å². The summed E-state index contributed by atoms with van der Waals surface area (Å²) in [6, 6.07) is 0. The second-order valence-electron chi connectivity index (χ2n) is 8.07. The lowest BCUT2D eigenvalue weighted by Gasteiger charge is -2.66. The minimum absolute atomic E-state index is 0.0496. The van der Waals surface area contributed by atoms with E-state index in [1.807, 2.05) is 0 Å². The Kier molecular flexibility index (Phi) is 3.67. The number of ketones is 1. The fourth-order valence-electron chi connectivity index (χ4n) is 5.27. The molecule has 0 aromatic carbocycles. The molecule has 1 aliphatic heterocycles. The number of carbonyl (C=O) groups is 3. The number of hydrogen-bond donors (Lipinski definition) is 3. The largest absolute Gasteiger partial charge is 0.465 e.